The van der Waals surface area contributed by atoms with Gasteiger partial charge in [-0.3, -0.25) is 9.59 Å². The van der Waals surface area contributed by atoms with Crippen molar-refractivity contribution < 1.29 is 27.5 Å². The lowest BCUT2D eigenvalue weighted by Gasteiger charge is -2.19. The van der Waals surface area contributed by atoms with Crippen LogP contribution < -0.4 is 15.4 Å². The van der Waals surface area contributed by atoms with Gasteiger partial charge in [0.05, 0.1) is 16.9 Å². The maximum Gasteiger partial charge on any atom is 0.418 e. The van der Waals surface area contributed by atoms with E-state index in [1.807, 2.05) is 0 Å². The van der Waals surface area contributed by atoms with E-state index in [-0.39, 0.29) is 28.8 Å². The average Bonchev–Trinajstić information content (AvgIpc) is 2.54. The normalized spacial score (nSPS) is 13.5. The molecule has 2 aromatic carbocycles. The van der Waals surface area contributed by atoms with Crippen LogP contribution in [0.15, 0.2) is 36.4 Å². The van der Waals surface area contributed by atoms with Crippen molar-refractivity contribution in [2.45, 2.75) is 6.18 Å². The second-order valence-electron chi connectivity index (χ2n) is 5.19. The Balaban J connectivity index is 1.89. The Labute approximate surface area is 144 Å². The van der Waals surface area contributed by atoms with Crippen LogP contribution >= 0.6 is 11.6 Å². The molecule has 2 N–H and O–H groups in total. The maximum absolute atomic E-state index is 13.1. The molecule has 3 rings (SSSR count). The summed E-state index contributed by atoms with van der Waals surface area (Å²) in [5.74, 6) is -0.781. The number of ether oxygens (including phenoxy) is 1. The summed E-state index contributed by atoms with van der Waals surface area (Å²) in [6.45, 7) is -0.141. The van der Waals surface area contributed by atoms with Gasteiger partial charge in [-0.15, -0.1) is 0 Å². The molecule has 9 heteroatoms. The average molecular weight is 371 g/mol. The monoisotopic (exact) mass is 370 g/mol. The van der Waals surface area contributed by atoms with Crippen LogP contribution in [0.4, 0.5) is 24.5 Å². The fraction of sp³-hybridized carbons (Fsp3) is 0.125. The number of hydrogen-bond donors (Lipinski definition) is 2. The number of rotatable bonds is 2. The van der Waals surface area contributed by atoms with Crippen LogP contribution in [0.1, 0.15) is 15.9 Å². The highest BCUT2D eigenvalue weighted by atomic mass is 35.5. The molecule has 0 fully saturated rings. The van der Waals surface area contributed by atoms with Gasteiger partial charge in [0.2, 0.25) is 0 Å². The summed E-state index contributed by atoms with van der Waals surface area (Å²) in [7, 11) is 0. The third-order valence-electron chi connectivity index (χ3n) is 3.41. The highest BCUT2D eigenvalue weighted by Crippen LogP contribution is 2.37. The predicted octanol–water partition coefficient (Wildman–Crippen LogP) is 3.94. The molecule has 0 aromatic heterocycles. The van der Waals surface area contributed by atoms with Crippen molar-refractivity contribution >= 4 is 34.8 Å². The van der Waals surface area contributed by atoms with Gasteiger partial charge in [0.1, 0.15) is 5.75 Å². The van der Waals surface area contributed by atoms with Crippen LogP contribution in [0.3, 0.4) is 0 Å². The molecular formula is C16H10ClF3N2O3. The molecule has 0 bridgehead atoms. The number of nitrogens with one attached hydrogen (secondary N) is 2. The predicted molar refractivity (Wildman–Crippen MR) is 85.0 cm³/mol. The first-order valence-electron chi connectivity index (χ1n) is 6.99. The molecule has 2 amide bonds. The minimum atomic E-state index is -4.68. The Hall–Kier alpha value is -2.74. The zero-order chi connectivity index (χ0) is 18.2. The Bertz CT molecular complexity index is 868. The molecule has 1 aliphatic rings. The van der Waals surface area contributed by atoms with Crippen LogP contribution in [0.25, 0.3) is 0 Å². The summed E-state index contributed by atoms with van der Waals surface area (Å²) < 4.78 is 44.4. The van der Waals surface area contributed by atoms with Gasteiger partial charge in [0.25, 0.3) is 11.8 Å². The molecule has 2 aromatic rings. The van der Waals surface area contributed by atoms with E-state index in [0.29, 0.717) is 5.75 Å². The maximum atomic E-state index is 13.1. The molecule has 130 valence electrons. The second kappa shape index (κ2) is 6.29. The molecule has 1 heterocycles. The van der Waals surface area contributed by atoms with Crippen molar-refractivity contribution in [2.75, 3.05) is 17.2 Å². The molecule has 1 aliphatic heterocycles. The van der Waals surface area contributed by atoms with Gasteiger partial charge in [-0.2, -0.15) is 13.2 Å². The lowest BCUT2D eigenvalue weighted by molar-refractivity contribution is -0.136. The zero-order valence-corrected chi connectivity index (χ0v) is 13.2. The van der Waals surface area contributed by atoms with E-state index in [1.54, 1.807) is 0 Å². The van der Waals surface area contributed by atoms with Gasteiger partial charge in [-0.05, 0) is 36.4 Å². The lowest BCUT2D eigenvalue weighted by Crippen LogP contribution is -2.26. The quantitative estimate of drug-likeness (QED) is 0.841. The molecule has 0 saturated carbocycles. The van der Waals surface area contributed by atoms with Crippen LogP contribution in [0.2, 0.25) is 5.02 Å². The van der Waals surface area contributed by atoms with E-state index in [9.17, 15) is 22.8 Å². The summed E-state index contributed by atoms with van der Waals surface area (Å²) in [5.41, 5.74) is -1.13. The lowest BCUT2D eigenvalue weighted by atomic mass is 10.1. The minimum absolute atomic E-state index is 0.0626. The number of carbonyl (C=O) groups excluding carboxylic acids is 2. The smallest absolute Gasteiger partial charge is 0.418 e. The fourth-order valence-electron chi connectivity index (χ4n) is 2.28. The Kier molecular flexibility index (Phi) is 4.30. The van der Waals surface area contributed by atoms with Crippen LogP contribution in [-0.2, 0) is 11.0 Å². The molecule has 0 saturated heterocycles. The summed E-state index contributed by atoms with van der Waals surface area (Å²) in [6.07, 6.45) is -4.68. The SMILES string of the molecule is O=C1COc2ccc(C(=O)Nc3ccc(Cl)cc3C(F)(F)F)cc2N1. The van der Waals surface area contributed by atoms with Crippen molar-refractivity contribution in [2.24, 2.45) is 0 Å². The number of anilines is 2. The first kappa shape index (κ1) is 17.1. The van der Waals surface area contributed by atoms with Gasteiger partial charge < -0.3 is 15.4 Å². The van der Waals surface area contributed by atoms with E-state index in [0.717, 1.165) is 12.1 Å². The third-order valence-corrected chi connectivity index (χ3v) is 3.64. The first-order valence-corrected chi connectivity index (χ1v) is 7.36. The number of carbonyl (C=O) groups is 2. The Morgan fingerprint density at radius 3 is 2.68 bits per heavy atom. The van der Waals surface area contributed by atoms with Crippen LogP contribution in [0, 0.1) is 0 Å². The molecular weight excluding hydrogens is 361 g/mol. The van der Waals surface area contributed by atoms with Crippen molar-refractivity contribution in [1.29, 1.82) is 0 Å². The first-order chi connectivity index (χ1) is 11.7. The van der Waals surface area contributed by atoms with E-state index in [2.05, 4.69) is 10.6 Å². The number of benzene rings is 2. The number of alkyl halides is 3. The fourth-order valence-corrected chi connectivity index (χ4v) is 2.45. The summed E-state index contributed by atoms with van der Waals surface area (Å²) in [6, 6.07) is 7.22. The molecule has 0 radical (unpaired) electrons. The summed E-state index contributed by atoms with van der Waals surface area (Å²) in [4.78, 5) is 23.6. The van der Waals surface area contributed by atoms with Crippen molar-refractivity contribution in [3.63, 3.8) is 0 Å². The Morgan fingerprint density at radius 1 is 1.20 bits per heavy atom. The third kappa shape index (κ3) is 3.69. The molecule has 5 nitrogen and oxygen atoms in total. The minimum Gasteiger partial charge on any atom is -0.482 e. The van der Waals surface area contributed by atoms with Crippen molar-refractivity contribution in [1.82, 2.24) is 0 Å². The van der Waals surface area contributed by atoms with Gasteiger partial charge in [0, 0.05) is 10.6 Å². The van der Waals surface area contributed by atoms with Crippen molar-refractivity contribution in [3.05, 3.63) is 52.5 Å². The summed E-state index contributed by atoms with van der Waals surface area (Å²) in [5, 5.41) is 4.63. The van der Waals surface area contributed by atoms with Gasteiger partial charge >= 0.3 is 6.18 Å². The van der Waals surface area contributed by atoms with Crippen molar-refractivity contribution in [3.8, 4) is 5.75 Å². The van der Waals surface area contributed by atoms with Gasteiger partial charge in [0.15, 0.2) is 6.61 Å². The molecule has 0 spiro atoms. The van der Waals surface area contributed by atoms with E-state index < -0.39 is 23.3 Å². The molecule has 0 unspecified atom stereocenters. The topological polar surface area (TPSA) is 67.4 Å². The molecule has 25 heavy (non-hydrogen) atoms. The Morgan fingerprint density at radius 2 is 1.96 bits per heavy atom. The van der Waals surface area contributed by atoms with Crippen LogP contribution in [0.5, 0.6) is 5.75 Å². The highest BCUT2D eigenvalue weighted by molar-refractivity contribution is 6.30. The number of fused-ring (bicyclic) bond motifs is 1. The van der Waals surface area contributed by atoms with E-state index in [1.165, 1.54) is 24.3 Å². The van der Waals surface area contributed by atoms with Gasteiger partial charge in [-0.1, -0.05) is 11.6 Å². The largest absolute Gasteiger partial charge is 0.482 e. The van der Waals surface area contributed by atoms with E-state index in [4.69, 9.17) is 16.3 Å². The molecule has 0 aliphatic carbocycles. The van der Waals surface area contributed by atoms with Gasteiger partial charge in [-0.25, -0.2) is 0 Å². The second-order valence-corrected chi connectivity index (χ2v) is 5.63. The zero-order valence-electron chi connectivity index (χ0n) is 12.4. The van der Waals surface area contributed by atoms with Crippen LogP contribution in [-0.4, -0.2) is 18.4 Å². The number of amides is 2. The highest BCUT2D eigenvalue weighted by Gasteiger charge is 2.34. The standard InChI is InChI=1S/C16H10ClF3N2O3/c17-9-2-3-11(10(6-9)16(18,19)20)22-15(24)8-1-4-13-12(5-8)21-14(23)7-25-13/h1-6H,7H2,(H,21,23)(H,22,24). The van der Waals surface area contributed by atoms with E-state index >= 15 is 0 Å². The number of halogens is 4. The number of hydrogen-bond acceptors (Lipinski definition) is 3. The summed E-state index contributed by atoms with van der Waals surface area (Å²) >= 11 is 5.60. The molecule has 0 atom stereocenters.